The average molecular weight is 290 g/mol. The van der Waals surface area contributed by atoms with Crippen LogP contribution in [-0.4, -0.2) is 31.6 Å². The van der Waals surface area contributed by atoms with E-state index in [1.165, 1.54) is 0 Å². The van der Waals surface area contributed by atoms with Gasteiger partial charge in [0.15, 0.2) is 11.5 Å². The minimum absolute atomic E-state index is 0.141. The molecule has 1 aliphatic rings. The largest absolute Gasteiger partial charge is 0.492 e. The fourth-order valence-corrected chi connectivity index (χ4v) is 2.46. The SMILES string of the molecule is COc1c(OC2CCOCC2)cccc1-c1cnoc1N. The van der Waals surface area contributed by atoms with Crippen molar-refractivity contribution in [3.8, 4) is 22.6 Å². The number of hydrogen-bond acceptors (Lipinski definition) is 6. The molecular formula is C15H18N2O4. The molecule has 0 atom stereocenters. The van der Waals surface area contributed by atoms with E-state index in [0.29, 0.717) is 17.1 Å². The second-order valence-electron chi connectivity index (χ2n) is 4.87. The van der Waals surface area contributed by atoms with Crippen molar-refractivity contribution < 1.29 is 18.7 Å². The van der Waals surface area contributed by atoms with E-state index in [-0.39, 0.29) is 12.0 Å². The van der Waals surface area contributed by atoms with E-state index in [0.717, 1.165) is 31.6 Å². The molecule has 0 amide bonds. The predicted octanol–water partition coefficient (Wildman–Crippen LogP) is 2.49. The third kappa shape index (κ3) is 2.80. The lowest BCUT2D eigenvalue weighted by molar-refractivity contribution is 0.0246. The maximum absolute atomic E-state index is 6.06. The Labute approximate surface area is 122 Å². The minimum Gasteiger partial charge on any atom is -0.492 e. The molecule has 6 nitrogen and oxygen atoms in total. The van der Waals surface area contributed by atoms with E-state index in [2.05, 4.69) is 5.16 Å². The molecule has 0 saturated carbocycles. The highest BCUT2D eigenvalue weighted by atomic mass is 16.5. The summed E-state index contributed by atoms with van der Waals surface area (Å²) in [5, 5.41) is 3.71. The summed E-state index contributed by atoms with van der Waals surface area (Å²) in [5.41, 5.74) is 7.29. The van der Waals surface area contributed by atoms with Crippen molar-refractivity contribution in [2.24, 2.45) is 0 Å². The van der Waals surface area contributed by atoms with Crippen LogP contribution in [-0.2, 0) is 4.74 Å². The van der Waals surface area contributed by atoms with Gasteiger partial charge in [0.1, 0.15) is 6.10 Å². The summed E-state index contributed by atoms with van der Waals surface area (Å²) in [6.07, 6.45) is 3.47. The third-order valence-electron chi connectivity index (χ3n) is 3.53. The zero-order valence-corrected chi connectivity index (χ0v) is 11.9. The monoisotopic (exact) mass is 290 g/mol. The molecule has 6 heteroatoms. The van der Waals surface area contributed by atoms with Crippen molar-refractivity contribution in [1.29, 1.82) is 0 Å². The van der Waals surface area contributed by atoms with Gasteiger partial charge in [0.2, 0.25) is 5.88 Å². The summed E-state index contributed by atoms with van der Waals surface area (Å²) in [7, 11) is 1.61. The van der Waals surface area contributed by atoms with Crippen molar-refractivity contribution >= 4 is 5.88 Å². The Morgan fingerprint density at radius 2 is 2.05 bits per heavy atom. The second-order valence-corrected chi connectivity index (χ2v) is 4.87. The Morgan fingerprint density at radius 1 is 1.24 bits per heavy atom. The number of nitrogen functional groups attached to an aromatic ring is 1. The number of benzene rings is 1. The molecule has 2 heterocycles. The Bertz CT molecular complexity index is 605. The van der Waals surface area contributed by atoms with Crippen LogP contribution in [0.4, 0.5) is 5.88 Å². The molecule has 0 unspecified atom stereocenters. The van der Waals surface area contributed by atoms with Crippen LogP contribution in [0.2, 0.25) is 0 Å². The molecule has 2 N–H and O–H groups in total. The number of nitrogens with zero attached hydrogens (tertiary/aromatic N) is 1. The predicted molar refractivity (Wildman–Crippen MR) is 77.4 cm³/mol. The van der Waals surface area contributed by atoms with Gasteiger partial charge in [-0.15, -0.1) is 0 Å². The summed E-state index contributed by atoms with van der Waals surface area (Å²) >= 11 is 0. The lowest BCUT2D eigenvalue weighted by Crippen LogP contribution is -2.26. The highest BCUT2D eigenvalue weighted by molar-refractivity contribution is 5.79. The van der Waals surface area contributed by atoms with Gasteiger partial charge < -0.3 is 24.5 Å². The van der Waals surface area contributed by atoms with Crippen LogP contribution in [0, 0.1) is 0 Å². The first kappa shape index (κ1) is 13.8. The van der Waals surface area contributed by atoms with E-state index in [9.17, 15) is 0 Å². The standard InChI is InChI=1S/C15H18N2O4/c1-18-14-11(12-9-17-21-15(12)16)3-2-4-13(14)20-10-5-7-19-8-6-10/h2-4,9-10H,5-8,16H2,1H3. The fourth-order valence-electron chi connectivity index (χ4n) is 2.46. The van der Waals surface area contributed by atoms with Gasteiger partial charge in [-0.05, 0) is 6.07 Å². The first-order chi connectivity index (χ1) is 10.3. The molecule has 0 spiro atoms. The summed E-state index contributed by atoms with van der Waals surface area (Å²) in [6, 6.07) is 5.69. The van der Waals surface area contributed by atoms with Crippen LogP contribution in [0.15, 0.2) is 28.9 Å². The van der Waals surface area contributed by atoms with Gasteiger partial charge in [-0.2, -0.15) is 0 Å². The van der Waals surface area contributed by atoms with Gasteiger partial charge in [0.05, 0.1) is 32.1 Å². The van der Waals surface area contributed by atoms with Gasteiger partial charge in [0.25, 0.3) is 0 Å². The molecular weight excluding hydrogens is 272 g/mol. The molecule has 3 rings (SSSR count). The molecule has 0 aliphatic carbocycles. The fraction of sp³-hybridized carbons (Fsp3) is 0.400. The molecule has 1 aromatic carbocycles. The summed E-state index contributed by atoms with van der Waals surface area (Å²) in [4.78, 5) is 0. The molecule has 1 fully saturated rings. The van der Waals surface area contributed by atoms with Crippen molar-refractivity contribution in [1.82, 2.24) is 5.16 Å². The van der Waals surface area contributed by atoms with Gasteiger partial charge in [-0.25, -0.2) is 0 Å². The molecule has 1 aliphatic heterocycles. The van der Waals surface area contributed by atoms with Crippen molar-refractivity contribution in [3.63, 3.8) is 0 Å². The smallest absolute Gasteiger partial charge is 0.230 e. The van der Waals surface area contributed by atoms with Gasteiger partial charge in [0, 0.05) is 18.4 Å². The Morgan fingerprint density at radius 3 is 2.71 bits per heavy atom. The van der Waals surface area contributed by atoms with Gasteiger partial charge >= 0.3 is 0 Å². The number of ether oxygens (including phenoxy) is 3. The van der Waals surface area contributed by atoms with E-state index in [1.807, 2.05) is 18.2 Å². The molecule has 112 valence electrons. The zero-order valence-electron chi connectivity index (χ0n) is 11.9. The lowest BCUT2D eigenvalue weighted by atomic mass is 10.1. The van der Waals surface area contributed by atoms with Crippen LogP contribution in [0.1, 0.15) is 12.8 Å². The van der Waals surface area contributed by atoms with Gasteiger partial charge in [-0.3, -0.25) is 0 Å². The van der Waals surface area contributed by atoms with Crippen molar-refractivity contribution in [3.05, 3.63) is 24.4 Å². The number of methoxy groups -OCH3 is 1. The first-order valence-electron chi connectivity index (χ1n) is 6.91. The van der Waals surface area contributed by atoms with E-state index < -0.39 is 0 Å². The average Bonchev–Trinajstić information content (AvgIpc) is 2.94. The number of hydrogen-bond donors (Lipinski definition) is 1. The maximum atomic E-state index is 6.06. The number of aromatic nitrogens is 1. The quantitative estimate of drug-likeness (QED) is 0.932. The van der Waals surface area contributed by atoms with Crippen LogP contribution < -0.4 is 15.2 Å². The minimum atomic E-state index is 0.141. The van der Waals surface area contributed by atoms with Crippen LogP contribution in [0.3, 0.4) is 0 Å². The number of nitrogens with two attached hydrogens (primary N) is 1. The highest BCUT2D eigenvalue weighted by Gasteiger charge is 2.20. The molecule has 1 aromatic heterocycles. The normalized spacial score (nSPS) is 15.9. The van der Waals surface area contributed by atoms with Crippen LogP contribution in [0.25, 0.3) is 11.1 Å². The van der Waals surface area contributed by atoms with E-state index >= 15 is 0 Å². The Kier molecular flexibility index (Phi) is 3.96. The Hall–Kier alpha value is -2.21. The van der Waals surface area contributed by atoms with Crippen LogP contribution in [0.5, 0.6) is 11.5 Å². The van der Waals surface area contributed by atoms with E-state index in [4.69, 9.17) is 24.5 Å². The molecule has 0 bridgehead atoms. The number of para-hydroxylation sites is 1. The molecule has 0 radical (unpaired) electrons. The molecule has 21 heavy (non-hydrogen) atoms. The van der Waals surface area contributed by atoms with Crippen molar-refractivity contribution in [2.75, 3.05) is 26.1 Å². The number of rotatable bonds is 4. The highest BCUT2D eigenvalue weighted by Crippen LogP contribution is 2.40. The van der Waals surface area contributed by atoms with Gasteiger partial charge in [-0.1, -0.05) is 17.3 Å². The van der Waals surface area contributed by atoms with Crippen LogP contribution >= 0.6 is 0 Å². The lowest BCUT2D eigenvalue weighted by Gasteiger charge is -2.24. The number of anilines is 1. The molecule has 2 aromatic rings. The summed E-state index contributed by atoms with van der Waals surface area (Å²) in [6.45, 7) is 1.45. The molecule has 1 saturated heterocycles. The first-order valence-corrected chi connectivity index (χ1v) is 6.91. The van der Waals surface area contributed by atoms with E-state index in [1.54, 1.807) is 13.3 Å². The topological polar surface area (TPSA) is 79.7 Å². The summed E-state index contributed by atoms with van der Waals surface area (Å²) < 4.78 is 21.8. The maximum Gasteiger partial charge on any atom is 0.230 e. The summed E-state index contributed by atoms with van der Waals surface area (Å²) in [5.74, 6) is 1.60. The zero-order chi connectivity index (χ0) is 14.7. The second kappa shape index (κ2) is 6.05. The third-order valence-corrected chi connectivity index (χ3v) is 3.53. The van der Waals surface area contributed by atoms with Crippen molar-refractivity contribution in [2.45, 2.75) is 18.9 Å². The Balaban J connectivity index is 1.92.